The monoisotopic (exact) mass is 419 g/mol. The summed E-state index contributed by atoms with van der Waals surface area (Å²) in [6.07, 6.45) is 3.68. The maximum atomic E-state index is 8.58. The van der Waals surface area contributed by atoms with E-state index in [1.54, 1.807) is 12.1 Å². The predicted octanol–water partition coefficient (Wildman–Crippen LogP) is 2.29. The smallest absolute Gasteiger partial charge is 0.231 e. The lowest BCUT2D eigenvalue weighted by Gasteiger charge is -2.28. The molecule has 3 aromatic rings. The van der Waals surface area contributed by atoms with Gasteiger partial charge >= 0.3 is 0 Å². The van der Waals surface area contributed by atoms with Crippen molar-refractivity contribution in [2.75, 3.05) is 38.3 Å². The average molecular weight is 419 g/mol. The van der Waals surface area contributed by atoms with Crippen LogP contribution in [0, 0.1) is 10.8 Å². The van der Waals surface area contributed by atoms with Gasteiger partial charge in [-0.05, 0) is 17.7 Å². The first-order chi connectivity index (χ1) is 15.1. The molecule has 1 aliphatic rings. The molecule has 3 heterocycles. The van der Waals surface area contributed by atoms with E-state index in [0.717, 1.165) is 29.9 Å². The van der Waals surface area contributed by atoms with Crippen molar-refractivity contribution in [3.8, 4) is 17.3 Å². The van der Waals surface area contributed by atoms with Crippen LogP contribution in [0.4, 0.5) is 5.69 Å². The first-order valence-corrected chi connectivity index (χ1v) is 10.1. The molecule has 0 aliphatic carbocycles. The Labute approximate surface area is 180 Å². The van der Waals surface area contributed by atoms with Crippen LogP contribution in [0.3, 0.4) is 0 Å². The first kappa shape index (κ1) is 20.7. The molecular weight excluding hydrogens is 394 g/mol. The van der Waals surface area contributed by atoms with E-state index in [0.29, 0.717) is 24.9 Å². The topological polar surface area (TPSA) is 113 Å². The molecule has 1 saturated heterocycles. The molecule has 9 heteroatoms. The summed E-state index contributed by atoms with van der Waals surface area (Å²) in [5.74, 6) is 0.882. The molecule has 2 aromatic heterocycles. The van der Waals surface area contributed by atoms with E-state index in [9.17, 15) is 0 Å². The van der Waals surface area contributed by atoms with Crippen molar-refractivity contribution in [2.24, 2.45) is 0 Å². The van der Waals surface area contributed by atoms with Gasteiger partial charge in [0.2, 0.25) is 5.88 Å². The number of nitrogens with zero attached hydrogens (tertiary/aromatic N) is 5. The van der Waals surface area contributed by atoms with Crippen molar-refractivity contribution in [3.05, 3.63) is 59.8 Å². The van der Waals surface area contributed by atoms with E-state index in [4.69, 9.17) is 20.3 Å². The van der Waals surface area contributed by atoms with Crippen LogP contribution in [0.2, 0.25) is 0 Å². The van der Waals surface area contributed by atoms with E-state index in [2.05, 4.69) is 20.0 Å². The number of methoxy groups -OCH3 is 1. The third-order valence-electron chi connectivity index (χ3n) is 5.32. The summed E-state index contributed by atoms with van der Waals surface area (Å²) in [5, 5.41) is 20.9. The predicted molar refractivity (Wildman–Crippen MR) is 117 cm³/mol. The van der Waals surface area contributed by atoms with Gasteiger partial charge in [0, 0.05) is 30.6 Å². The number of hydrogen-bond acceptors (Lipinski definition) is 8. The van der Waals surface area contributed by atoms with Gasteiger partial charge in [-0.2, -0.15) is 4.68 Å². The number of ether oxygens (including phenoxy) is 2. The molecule has 0 spiro atoms. The molecule has 31 heavy (non-hydrogen) atoms. The SMILES string of the molecule is COc1ccc(=N)n(C(=N)C(C)c2cccc(-c3ncc(N4CCOCC4)cn3)c2)n1. The lowest BCUT2D eigenvalue weighted by Crippen LogP contribution is -2.36. The molecule has 1 aliphatic heterocycles. The summed E-state index contributed by atoms with van der Waals surface area (Å²) in [4.78, 5) is 11.3. The maximum Gasteiger partial charge on any atom is 0.231 e. The Bertz CT molecular complexity index is 1120. The van der Waals surface area contributed by atoms with Gasteiger partial charge in [-0.15, -0.1) is 5.10 Å². The van der Waals surface area contributed by atoms with E-state index in [1.807, 2.05) is 43.6 Å². The van der Waals surface area contributed by atoms with Crippen LogP contribution in [0.1, 0.15) is 18.4 Å². The highest BCUT2D eigenvalue weighted by molar-refractivity contribution is 5.87. The van der Waals surface area contributed by atoms with Gasteiger partial charge in [0.15, 0.2) is 5.82 Å². The minimum absolute atomic E-state index is 0.121. The molecule has 9 nitrogen and oxygen atoms in total. The second kappa shape index (κ2) is 9.05. The van der Waals surface area contributed by atoms with Gasteiger partial charge in [-0.1, -0.05) is 25.1 Å². The van der Waals surface area contributed by atoms with Gasteiger partial charge in [-0.3, -0.25) is 10.8 Å². The Balaban J connectivity index is 1.56. The molecule has 4 rings (SSSR count). The summed E-state index contributed by atoms with van der Waals surface area (Å²) in [5.41, 5.74) is 2.90. The highest BCUT2D eigenvalue weighted by Crippen LogP contribution is 2.24. The van der Waals surface area contributed by atoms with Crippen molar-refractivity contribution in [2.45, 2.75) is 12.8 Å². The summed E-state index contributed by atoms with van der Waals surface area (Å²) in [6, 6.07) is 11.0. The Morgan fingerprint density at radius 3 is 2.58 bits per heavy atom. The number of benzene rings is 1. The zero-order valence-electron chi connectivity index (χ0n) is 17.6. The van der Waals surface area contributed by atoms with Gasteiger partial charge < -0.3 is 14.4 Å². The number of morpholine rings is 1. The summed E-state index contributed by atoms with van der Waals surface area (Å²) >= 11 is 0. The first-order valence-electron chi connectivity index (χ1n) is 10.1. The van der Waals surface area contributed by atoms with Gasteiger partial charge in [-0.25, -0.2) is 9.97 Å². The summed E-state index contributed by atoms with van der Waals surface area (Å²) < 4.78 is 11.8. The van der Waals surface area contributed by atoms with Crippen molar-refractivity contribution in [1.82, 2.24) is 19.7 Å². The lowest BCUT2D eigenvalue weighted by atomic mass is 9.97. The molecular formula is C22H25N7O2. The van der Waals surface area contributed by atoms with Gasteiger partial charge in [0.25, 0.3) is 0 Å². The van der Waals surface area contributed by atoms with Crippen molar-refractivity contribution < 1.29 is 9.47 Å². The number of anilines is 1. The highest BCUT2D eigenvalue weighted by atomic mass is 16.5. The second-order valence-corrected chi connectivity index (χ2v) is 7.27. The molecule has 0 saturated carbocycles. The van der Waals surface area contributed by atoms with Crippen LogP contribution in [0.15, 0.2) is 48.8 Å². The standard InChI is InChI=1S/C22H25N7O2/c1-15(21(24)29-19(23)6-7-20(27-29)30-2)16-4-3-5-17(12-16)22-25-13-18(14-26-22)28-8-10-31-11-9-28/h3-7,12-15,23-24H,8-11H2,1-2H3. The van der Waals surface area contributed by atoms with Crippen LogP contribution >= 0.6 is 0 Å². The molecule has 0 amide bonds. The minimum Gasteiger partial charge on any atom is -0.480 e. The van der Waals surface area contributed by atoms with Gasteiger partial charge in [0.05, 0.1) is 38.4 Å². The van der Waals surface area contributed by atoms with E-state index in [-0.39, 0.29) is 17.2 Å². The second-order valence-electron chi connectivity index (χ2n) is 7.27. The highest BCUT2D eigenvalue weighted by Gasteiger charge is 2.17. The normalized spacial score (nSPS) is 14.8. The molecule has 1 aromatic carbocycles. The summed E-state index contributed by atoms with van der Waals surface area (Å²) in [6.45, 7) is 5.02. The fraction of sp³-hybridized carbons (Fsp3) is 0.318. The molecule has 1 fully saturated rings. The number of rotatable bonds is 5. The van der Waals surface area contributed by atoms with Crippen molar-refractivity contribution in [3.63, 3.8) is 0 Å². The van der Waals surface area contributed by atoms with Crippen molar-refractivity contribution in [1.29, 1.82) is 10.8 Å². The Morgan fingerprint density at radius 1 is 1.13 bits per heavy atom. The van der Waals surface area contributed by atoms with E-state index in [1.165, 1.54) is 11.8 Å². The molecule has 1 unspecified atom stereocenters. The average Bonchev–Trinajstić information content (AvgIpc) is 2.84. The van der Waals surface area contributed by atoms with Crippen LogP contribution in [-0.2, 0) is 4.74 Å². The number of nitrogens with one attached hydrogen (secondary N) is 2. The Hall–Kier alpha value is -3.59. The molecule has 1 atom stereocenters. The summed E-state index contributed by atoms with van der Waals surface area (Å²) in [7, 11) is 1.51. The minimum atomic E-state index is -0.290. The van der Waals surface area contributed by atoms with Crippen LogP contribution in [0.5, 0.6) is 5.88 Å². The largest absolute Gasteiger partial charge is 0.480 e. The van der Waals surface area contributed by atoms with Crippen LogP contribution in [0.25, 0.3) is 11.4 Å². The third-order valence-corrected chi connectivity index (χ3v) is 5.32. The molecule has 2 N–H and O–H groups in total. The zero-order chi connectivity index (χ0) is 21.8. The fourth-order valence-corrected chi connectivity index (χ4v) is 3.44. The molecule has 160 valence electrons. The van der Waals surface area contributed by atoms with Crippen molar-refractivity contribution >= 4 is 11.5 Å². The quantitative estimate of drug-likeness (QED) is 0.485. The lowest BCUT2D eigenvalue weighted by molar-refractivity contribution is 0.122. The van der Waals surface area contributed by atoms with Crippen LogP contribution < -0.4 is 15.1 Å². The fourth-order valence-electron chi connectivity index (χ4n) is 3.44. The Kier molecular flexibility index (Phi) is 6.03. The van der Waals surface area contributed by atoms with E-state index < -0.39 is 0 Å². The molecule has 0 bridgehead atoms. The third kappa shape index (κ3) is 4.46. The van der Waals surface area contributed by atoms with E-state index >= 15 is 0 Å². The number of aromatic nitrogens is 4. The zero-order valence-corrected chi connectivity index (χ0v) is 17.6. The number of hydrogen-bond donors (Lipinski definition) is 2. The van der Waals surface area contributed by atoms with Gasteiger partial charge in [0.1, 0.15) is 11.3 Å². The van der Waals surface area contributed by atoms with Crippen LogP contribution in [-0.4, -0.2) is 59.0 Å². The Morgan fingerprint density at radius 2 is 1.87 bits per heavy atom. The maximum absolute atomic E-state index is 8.58. The molecule has 0 radical (unpaired) electrons.